The lowest BCUT2D eigenvalue weighted by Crippen LogP contribution is -2.14. The van der Waals surface area contributed by atoms with Crippen molar-refractivity contribution < 1.29 is 4.42 Å². The quantitative estimate of drug-likeness (QED) is 0.163. The Balaban J connectivity index is 0.928. The van der Waals surface area contributed by atoms with Crippen LogP contribution in [0.4, 0.5) is 0 Å². The first-order valence-corrected chi connectivity index (χ1v) is 21.0. The van der Waals surface area contributed by atoms with Crippen LogP contribution >= 0.6 is 0 Å². The summed E-state index contributed by atoms with van der Waals surface area (Å²) in [6.07, 6.45) is 0. The summed E-state index contributed by atoms with van der Waals surface area (Å²) in [5.41, 5.74) is 14.5. The fraction of sp³-hybridized carbons (Fsp3) is 0.0508. The van der Waals surface area contributed by atoms with Gasteiger partial charge in [0.1, 0.15) is 11.2 Å². The third-order valence-electron chi connectivity index (χ3n) is 13.6. The van der Waals surface area contributed by atoms with E-state index in [1.807, 2.05) is 0 Å². The van der Waals surface area contributed by atoms with E-state index in [1.54, 1.807) is 0 Å². The minimum absolute atomic E-state index is 0.170. The molecule has 1 heterocycles. The van der Waals surface area contributed by atoms with Crippen molar-refractivity contribution in [2.24, 2.45) is 0 Å². The van der Waals surface area contributed by atoms with Crippen LogP contribution in [-0.4, -0.2) is 0 Å². The van der Waals surface area contributed by atoms with E-state index in [-0.39, 0.29) is 5.41 Å². The third kappa shape index (κ3) is 4.63. The second kappa shape index (κ2) is 12.3. The number of furan rings is 1. The Labute approximate surface area is 347 Å². The second-order valence-corrected chi connectivity index (χ2v) is 17.2. The molecule has 0 amide bonds. The van der Waals surface area contributed by atoms with Crippen molar-refractivity contribution in [1.29, 1.82) is 0 Å². The number of hydrogen-bond donors (Lipinski definition) is 0. The van der Waals surface area contributed by atoms with E-state index in [4.69, 9.17) is 4.42 Å². The van der Waals surface area contributed by atoms with Crippen molar-refractivity contribution in [3.05, 3.63) is 205 Å². The molecule has 11 aromatic carbocycles. The Morgan fingerprint density at radius 1 is 0.300 bits per heavy atom. The predicted octanol–water partition coefficient (Wildman–Crippen LogP) is 16.7. The van der Waals surface area contributed by atoms with Crippen molar-refractivity contribution in [3.8, 4) is 44.5 Å². The molecule has 1 aromatic heterocycles. The highest BCUT2D eigenvalue weighted by atomic mass is 16.3. The van der Waals surface area contributed by atoms with Gasteiger partial charge in [0, 0.05) is 27.1 Å². The average Bonchev–Trinajstić information content (AvgIpc) is 3.79. The Hall–Kier alpha value is -7.48. The standard InChI is InChI=1S/C59H38O/c1-59(2)52-31-30-50-49-28-26-36-13-4-6-16-43(36)57(49)60-58(50)56(52)51-29-27-40(34-53(51)59)38-22-23-39-33-41(25-24-37(39)32-38)54-45-17-7-9-19-47(45)55(48-20-10-8-18-46(48)54)44-21-11-14-35-12-3-5-15-42(35)44/h3-34H,1-2H3. The molecule has 1 aliphatic carbocycles. The van der Waals surface area contributed by atoms with Crippen LogP contribution in [0.3, 0.4) is 0 Å². The van der Waals surface area contributed by atoms with Crippen LogP contribution in [0.1, 0.15) is 25.0 Å². The van der Waals surface area contributed by atoms with Crippen molar-refractivity contribution in [1.82, 2.24) is 0 Å². The zero-order valence-electron chi connectivity index (χ0n) is 33.4. The van der Waals surface area contributed by atoms with E-state index < -0.39 is 0 Å². The van der Waals surface area contributed by atoms with Crippen LogP contribution in [-0.2, 0) is 5.41 Å². The van der Waals surface area contributed by atoms with Gasteiger partial charge in [0.2, 0.25) is 0 Å². The Bertz CT molecular complexity index is 3740. The van der Waals surface area contributed by atoms with Gasteiger partial charge in [-0.1, -0.05) is 184 Å². The maximum Gasteiger partial charge on any atom is 0.143 e. The SMILES string of the molecule is CC1(C)c2cc(-c3ccc4cc(-c5c6ccccc6c(-c6cccc7ccccc67)c6ccccc56)ccc4c3)ccc2-c2c1ccc1c2oc2c3ccccc3ccc12. The van der Waals surface area contributed by atoms with Crippen LogP contribution in [0.15, 0.2) is 199 Å². The third-order valence-corrected chi connectivity index (χ3v) is 13.6. The molecule has 0 radical (unpaired) electrons. The lowest BCUT2D eigenvalue weighted by molar-refractivity contribution is 0.654. The molecular formula is C59H38O. The van der Waals surface area contributed by atoms with Crippen LogP contribution in [0.25, 0.3) is 120 Å². The summed E-state index contributed by atoms with van der Waals surface area (Å²) in [6, 6.07) is 71.9. The van der Waals surface area contributed by atoms with Crippen molar-refractivity contribution in [2.45, 2.75) is 19.3 Å². The van der Waals surface area contributed by atoms with Gasteiger partial charge in [-0.3, -0.25) is 0 Å². The highest BCUT2D eigenvalue weighted by molar-refractivity contribution is 6.24. The average molecular weight is 763 g/mol. The zero-order valence-corrected chi connectivity index (χ0v) is 33.4. The summed E-state index contributed by atoms with van der Waals surface area (Å²) in [5, 5.41) is 14.8. The molecule has 0 fully saturated rings. The Kier molecular flexibility index (Phi) is 6.85. The van der Waals surface area contributed by atoms with Crippen molar-refractivity contribution >= 4 is 75.8 Å². The van der Waals surface area contributed by atoms with Gasteiger partial charge in [-0.15, -0.1) is 0 Å². The molecule has 0 atom stereocenters. The zero-order chi connectivity index (χ0) is 39.7. The fourth-order valence-electron chi connectivity index (χ4n) is 10.7. The molecule has 1 nitrogen and oxygen atoms in total. The van der Waals surface area contributed by atoms with Crippen LogP contribution < -0.4 is 0 Å². The molecule has 12 aromatic rings. The summed E-state index contributed by atoms with van der Waals surface area (Å²) in [5.74, 6) is 0. The minimum Gasteiger partial charge on any atom is -0.455 e. The van der Waals surface area contributed by atoms with Gasteiger partial charge in [-0.25, -0.2) is 0 Å². The molecule has 0 saturated carbocycles. The van der Waals surface area contributed by atoms with Gasteiger partial charge in [0.05, 0.1) is 0 Å². The maximum atomic E-state index is 6.85. The Morgan fingerprint density at radius 2 is 0.817 bits per heavy atom. The van der Waals surface area contributed by atoms with E-state index in [0.717, 1.165) is 16.6 Å². The van der Waals surface area contributed by atoms with Crippen LogP contribution in [0, 0.1) is 0 Å². The molecule has 0 unspecified atom stereocenters. The molecule has 1 aliphatic rings. The van der Waals surface area contributed by atoms with Gasteiger partial charge in [-0.2, -0.15) is 0 Å². The topological polar surface area (TPSA) is 13.1 Å². The van der Waals surface area contributed by atoms with E-state index in [1.165, 1.54) is 115 Å². The van der Waals surface area contributed by atoms with Gasteiger partial charge < -0.3 is 4.42 Å². The van der Waals surface area contributed by atoms with Gasteiger partial charge in [-0.05, 0) is 123 Å². The maximum absolute atomic E-state index is 6.85. The number of benzene rings is 11. The number of hydrogen-bond acceptors (Lipinski definition) is 1. The number of fused-ring (bicyclic) bond motifs is 13. The van der Waals surface area contributed by atoms with Crippen molar-refractivity contribution in [2.75, 3.05) is 0 Å². The fourth-order valence-corrected chi connectivity index (χ4v) is 10.7. The van der Waals surface area contributed by atoms with Gasteiger partial charge in [0.25, 0.3) is 0 Å². The van der Waals surface area contributed by atoms with E-state index >= 15 is 0 Å². The second-order valence-electron chi connectivity index (χ2n) is 17.2. The molecule has 60 heavy (non-hydrogen) atoms. The summed E-state index contributed by atoms with van der Waals surface area (Å²) < 4.78 is 6.85. The normalized spacial score (nSPS) is 13.3. The first-order valence-electron chi connectivity index (χ1n) is 21.0. The smallest absolute Gasteiger partial charge is 0.143 e. The highest BCUT2D eigenvalue weighted by Crippen LogP contribution is 2.54. The molecule has 0 saturated heterocycles. The van der Waals surface area contributed by atoms with E-state index in [9.17, 15) is 0 Å². The molecule has 0 spiro atoms. The first-order chi connectivity index (χ1) is 29.5. The lowest BCUT2D eigenvalue weighted by atomic mass is 9.81. The summed E-state index contributed by atoms with van der Waals surface area (Å²) in [4.78, 5) is 0. The monoisotopic (exact) mass is 762 g/mol. The number of rotatable bonds is 3. The van der Waals surface area contributed by atoms with E-state index in [2.05, 4.69) is 208 Å². The highest BCUT2D eigenvalue weighted by Gasteiger charge is 2.38. The van der Waals surface area contributed by atoms with Gasteiger partial charge in [0.15, 0.2) is 0 Å². The summed E-state index contributed by atoms with van der Waals surface area (Å²) >= 11 is 0. The molecule has 1 heteroatoms. The van der Waals surface area contributed by atoms with E-state index in [0.29, 0.717) is 0 Å². The van der Waals surface area contributed by atoms with Crippen LogP contribution in [0.5, 0.6) is 0 Å². The molecule has 0 bridgehead atoms. The molecule has 0 N–H and O–H groups in total. The lowest BCUT2D eigenvalue weighted by Gasteiger charge is -2.22. The predicted molar refractivity (Wildman–Crippen MR) is 255 cm³/mol. The molecular weight excluding hydrogens is 725 g/mol. The van der Waals surface area contributed by atoms with Gasteiger partial charge >= 0.3 is 0 Å². The first kappa shape index (κ1) is 33.5. The Morgan fingerprint density at radius 3 is 1.55 bits per heavy atom. The molecule has 13 rings (SSSR count). The van der Waals surface area contributed by atoms with Crippen LogP contribution in [0.2, 0.25) is 0 Å². The largest absolute Gasteiger partial charge is 0.455 e. The summed E-state index contributed by atoms with van der Waals surface area (Å²) in [7, 11) is 0. The van der Waals surface area contributed by atoms with Crippen molar-refractivity contribution in [3.63, 3.8) is 0 Å². The molecule has 0 aliphatic heterocycles. The minimum atomic E-state index is -0.170. The molecule has 280 valence electrons. The summed E-state index contributed by atoms with van der Waals surface area (Å²) in [6.45, 7) is 4.71.